The van der Waals surface area contributed by atoms with E-state index in [1.807, 2.05) is 0 Å². The van der Waals surface area contributed by atoms with Gasteiger partial charge in [-0.3, -0.25) is 4.79 Å². The maximum Gasteiger partial charge on any atom is 0.237 e. The largest absolute Gasteiger partial charge is 0.486 e. The van der Waals surface area contributed by atoms with Gasteiger partial charge in [0.05, 0.1) is 6.04 Å². The summed E-state index contributed by atoms with van der Waals surface area (Å²) in [6.07, 6.45) is 6.58. The van der Waals surface area contributed by atoms with E-state index in [-0.39, 0.29) is 23.8 Å². The molecule has 4 saturated carbocycles. The van der Waals surface area contributed by atoms with E-state index in [1.54, 1.807) is 0 Å². The van der Waals surface area contributed by atoms with Crippen molar-refractivity contribution in [2.24, 2.45) is 23.7 Å². The third-order valence-electron chi connectivity index (χ3n) is 7.13. The molecule has 5 fully saturated rings. The minimum Gasteiger partial charge on any atom is -0.486 e. The van der Waals surface area contributed by atoms with Crippen LogP contribution in [0.25, 0.3) is 0 Å². The molecular weight excluding hydrogens is 350 g/mol. The van der Waals surface area contributed by atoms with E-state index >= 15 is 0 Å². The Kier molecular flexibility index (Phi) is 4.34. The first-order chi connectivity index (χ1) is 13.0. The first-order valence-corrected chi connectivity index (χ1v) is 10.2. The highest BCUT2D eigenvalue weighted by atomic mass is 19.1. The maximum atomic E-state index is 13.8. The van der Waals surface area contributed by atoms with Crippen molar-refractivity contribution in [1.82, 2.24) is 10.6 Å². The van der Waals surface area contributed by atoms with E-state index in [4.69, 9.17) is 4.74 Å². The third-order valence-corrected chi connectivity index (χ3v) is 7.13. The Balaban J connectivity index is 1.18. The Hall–Kier alpha value is -1.69. The van der Waals surface area contributed by atoms with Crippen molar-refractivity contribution in [1.29, 1.82) is 0 Å². The topological polar surface area (TPSA) is 50.4 Å². The predicted octanol–water partition coefficient (Wildman–Crippen LogP) is 3.02. The summed E-state index contributed by atoms with van der Waals surface area (Å²) in [5, 5.41) is 6.50. The molecule has 0 aromatic heterocycles. The minimum absolute atomic E-state index is 0.0262. The number of carbonyl (C=O) groups is 1. The van der Waals surface area contributed by atoms with Gasteiger partial charge in [-0.15, -0.1) is 0 Å². The van der Waals surface area contributed by atoms with Crippen LogP contribution in [0.2, 0.25) is 0 Å². The molecule has 146 valence electrons. The highest BCUT2D eigenvalue weighted by molar-refractivity contribution is 5.82. The van der Waals surface area contributed by atoms with Crippen LogP contribution in [-0.2, 0) is 4.79 Å². The van der Waals surface area contributed by atoms with Gasteiger partial charge < -0.3 is 15.4 Å². The van der Waals surface area contributed by atoms with Crippen molar-refractivity contribution < 1.29 is 18.3 Å². The zero-order valence-electron chi connectivity index (χ0n) is 15.3. The minimum atomic E-state index is -0.585. The van der Waals surface area contributed by atoms with Crippen LogP contribution < -0.4 is 15.4 Å². The Bertz CT molecular complexity index is 713. The molecule has 4 bridgehead atoms. The van der Waals surface area contributed by atoms with Crippen molar-refractivity contribution in [2.45, 2.75) is 56.7 Å². The molecule has 4 aliphatic carbocycles. The first kappa shape index (κ1) is 17.4. The van der Waals surface area contributed by atoms with Crippen molar-refractivity contribution >= 4 is 5.91 Å². The van der Waals surface area contributed by atoms with Gasteiger partial charge in [0.25, 0.3) is 0 Å². The van der Waals surface area contributed by atoms with Gasteiger partial charge in [-0.25, -0.2) is 8.78 Å². The lowest BCUT2D eigenvalue weighted by atomic mass is 9.54. The molecule has 2 atom stereocenters. The maximum absolute atomic E-state index is 13.8. The van der Waals surface area contributed by atoms with E-state index < -0.39 is 11.6 Å². The van der Waals surface area contributed by atoms with Gasteiger partial charge in [-0.1, -0.05) is 0 Å². The second-order valence-electron chi connectivity index (χ2n) is 8.98. The lowest BCUT2D eigenvalue weighted by Crippen LogP contribution is -2.58. The van der Waals surface area contributed by atoms with Crippen LogP contribution in [-0.4, -0.2) is 30.6 Å². The molecule has 6 rings (SSSR count). The highest BCUT2D eigenvalue weighted by Crippen LogP contribution is 2.53. The van der Waals surface area contributed by atoms with Gasteiger partial charge in [0, 0.05) is 25.1 Å². The molecule has 6 heteroatoms. The molecule has 5 aliphatic rings. The average molecular weight is 376 g/mol. The molecule has 1 amide bonds. The quantitative estimate of drug-likeness (QED) is 0.849. The van der Waals surface area contributed by atoms with E-state index in [9.17, 15) is 13.6 Å². The van der Waals surface area contributed by atoms with Crippen molar-refractivity contribution in [3.05, 3.63) is 29.8 Å². The molecule has 1 saturated heterocycles. The predicted molar refractivity (Wildman–Crippen MR) is 96.2 cm³/mol. The molecular formula is C21H26F2N2O2. The van der Waals surface area contributed by atoms with Gasteiger partial charge in [-0.2, -0.15) is 0 Å². The fourth-order valence-electron chi connectivity index (χ4n) is 6.17. The number of hydrogen-bond donors (Lipinski definition) is 2. The van der Waals surface area contributed by atoms with Crippen LogP contribution in [0.3, 0.4) is 0 Å². The lowest BCUT2D eigenvalue weighted by Gasteiger charge is -2.54. The molecule has 1 aliphatic heterocycles. The smallest absolute Gasteiger partial charge is 0.237 e. The summed E-state index contributed by atoms with van der Waals surface area (Å²) in [5.41, 5.74) is 0. The van der Waals surface area contributed by atoms with Gasteiger partial charge in [-0.05, 0) is 67.9 Å². The Morgan fingerprint density at radius 3 is 2.44 bits per heavy atom. The monoisotopic (exact) mass is 376 g/mol. The van der Waals surface area contributed by atoms with Crippen LogP contribution in [0.1, 0.15) is 38.5 Å². The third kappa shape index (κ3) is 3.33. The molecule has 2 N–H and O–H groups in total. The van der Waals surface area contributed by atoms with Gasteiger partial charge >= 0.3 is 0 Å². The summed E-state index contributed by atoms with van der Waals surface area (Å²) in [6.45, 7) is 0.454. The van der Waals surface area contributed by atoms with E-state index in [2.05, 4.69) is 10.6 Å². The van der Waals surface area contributed by atoms with Crippen LogP contribution in [0, 0.1) is 35.3 Å². The number of hydrogen-bond acceptors (Lipinski definition) is 3. The van der Waals surface area contributed by atoms with Gasteiger partial charge in [0.2, 0.25) is 5.91 Å². The average Bonchev–Trinajstić information content (AvgIpc) is 3.09. The summed E-state index contributed by atoms with van der Waals surface area (Å²) >= 11 is 0. The van der Waals surface area contributed by atoms with Crippen molar-refractivity contribution in [3.8, 4) is 5.75 Å². The zero-order valence-corrected chi connectivity index (χ0v) is 15.3. The number of amides is 1. The molecule has 1 heterocycles. The van der Waals surface area contributed by atoms with E-state index in [1.165, 1.54) is 32.1 Å². The molecule has 0 spiro atoms. The zero-order chi connectivity index (χ0) is 18.5. The van der Waals surface area contributed by atoms with E-state index in [0.717, 1.165) is 30.0 Å². The number of benzene rings is 1. The van der Waals surface area contributed by atoms with E-state index in [0.29, 0.717) is 30.8 Å². The lowest BCUT2D eigenvalue weighted by molar-refractivity contribution is -0.126. The fraction of sp³-hybridized carbons (Fsp3) is 0.667. The second kappa shape index (κ2) is 6.73. The highest BCUT2D eigenvalue weighted by Gasteiger charge is 2.49. The SMILES string of the molecule is O=C(NC1C2CC3CC(C2)CC1C3)[C@@H]1C[C@H](Oc2cc(F)ccc2F)CN1. The first-order valence-electron chi connectivity index (χ1n) is 10.2. The number of halogens is 2. The second-order valence-corrected chi connectivity index (χ2v) is 8.98. The van der Waals surface area contributed by atoms with Crippen LogP contribution in [0.4, 0.5) is 8.78 Å². The number of rotatable bonds is 4. The van der Waals surface area contributed by atoms with Crippen LogP contribution in [0.15, 0.2) is 18.2 Å². The molecule has 4 nitrogen and oxygen atoms in total. The number of nitrogens with one attached hydrogen (secondary N) is 2. The summed E-state index contributed by atoms with van der Waals surface area (Å²) in [4.78, 5) is 12.8. The normalized spacial score (nSPS) is 39.6. The summed E-state index contributed by atoms with van der Waals surface area (Å²) < 4.78 is 32.7. The number of ether oxygens (including phenoxy) is 1. The Morgan fingerprint density at radius 1 is 1.04 bits per heavy atom. The number of carbonyl (C=O) groups excluding carboxylic acids is 1. The molecule has 27 heavy (non-hydrogen) atoms. The summed E-state index contributed by atoms with van der Waals surface area (Å²) in [6, 6.07) is 3.16. The summed E-state index contributed by atoms with van der Waals surface area (Å²) in [7, 11) is 0. The summed E-state index contributed by atoms with van der Waals surface area (Å²) in [5.74, 6) is 1.85. The van der Waals surface area contributed by atoms with Crippen molar-refractivity contribution in [2.75, 3.05) is 6.54 Å². The fourth-order valence-corrected chi connectivity index (χ4v) is 6.17. The van der Waals surface area contributed by atoms with Crippen molar-refractivity contribution in [3.63, 3.8) is 0 Å². The molecule has 0 radical (unpaired) electrons. The van der Waals surface area contributed by atoms with Crippen LogP contribution in [0.5, 0.6) is 5.75 Å². The Morgan fingerprint density at radius 2 is 1.74 bits per heavy atom. The molecule has 0 unspecified atom stereocenters. The van der Waals surface area contributed by atoms with Gasteiger partial charge in [0.1, 0.15) is 11.9 Å². The van der Waals surface area contributed by atoms with Crippen LogP contribution >= 0.6 is 0 Å². The molecule has 1 aromatic carbocycles. The van der Waals surface area contributed by atoms with Gasteiger partial charge in [0.15, 0.2) is 11.6 Å². The Labute approximate surface area is 158 Å². The standard InChI is InChI=1S/C21H26F2N2O2/c22-15-1-2-17(23)19(8-15)27-16-9-18(24-10-16)21(26)25-20-13-4-11-3-12(6-13)7-14(20)5-11/h1-2,8,11-14,16,18,20,24H,3-7,9-10H2,(H,25,26)/t11?,12?,13?,14?,16-,18-,20?/m0/s1. The molecule has 1 aromatic rings.